The average molecular weight is 191 g/mol. The molecule has 14 heavy (non-hydrogen) atoms. The van der Waals surface area contributed by atoms with Crippen LogP contribution >= 0.6 is 0 Å². The summed E-state index contributed by atoms with van der Waals surface area (Å²) in [4.78, 5) is 0. The molecule has 0 radical (unpaired) electrons. The predicted octanol–water partition coefficient (Wildman–Crippen LogP) is 3.32. The summed E-state index contributed by atoms with van der Waals surface area (Å²) in [5, 5.41) is 11.1. The minimum Gasteiger partial charge on any atom is -0.288 e. The van der Waals surface area contributed by atoms with Gasteiger partial charge in [-0.2, -0.15) is 0 Å². The third kappa shape index (κ3) is 2.36. The molecule has 0 unspecified atom stereocenters. The number of anilines is 1. The van der Waals surface area contributed by atoms with E-state index >= 15 is 0 Å². The van der Waals surface area contributed by atoms with Gasteiger partial charge in [0.25, 0.3) is 0 Å². The molecule has 1 rings (SSSR count). The second-order valence-electron chi connectivity index (χ2n) is 4.28. The molecule has 1 aromatic rings. The fourth-order valence-corrected chi connectivity index (χ4v) is 1.14. The Morgan fingerprint density at radius 3 is 2.07 bits per heavy atom. The highest BCUT2D eigenvalue weighted by atomic mass is 16.5. The molecular formula is C12H17NO. The van der Waals surface area contributed by atoms with Gasteiger partial charge < -0.3 is 0 Å². The monoisotopic (exact) mass is 191 g/mol. The van der Waals surface area contributed by atoms with Crippen LogP contribution in [-0.4, -0.2) is 10.7 Å². The normalized spacial score (nSPS) is 11.1. The van der Waals surface area contributed by atoms with Gasteiger partial charge in [-0.05, 0) is 38.5 Å². The van der Waals surface area contributed by atoms with E-state index < -0.39 is 0 Å². The topological polar surface area (TPSA) is 23.5 Å². The Morgan fingerprint density at radius 1 is 1.21 bits per heavy atom. The van der Waals surface area contributed by atoms with Crippen LogP contribution in [0.1, 0.15) is 26.3 Å². The van der Waals surface area contributed by atoms with Crippen LogP contribution in [-0.2, 0) is 0 Å². The van der Waals surface area contributed by atoms with Crippen molar-refractivity contribution in [3.63, 3.8) is 0 Å². The Labute approximate surface area is 85.4 Å². The molecule has 1 N–H and O–H groups in total. The standard InChI is InChI=1S/C12H17NO/c1-5-10-6-8-11(9-7-10)13(14)12(2,3)4/h5-9,14H,1H2,2-4H3. The summed E-state index contributed by atoms with van der Waals surface area (Å²) in [7, 11) is 0. The van der Waals surface area contributed by atoms with Gasteiger partial charge in [-0.15, -0.1) is 0 Å². The van der Waals surface area contributed by atoms with Crippen molar-refractivity contribution in [3.8, 4) is 0 Å². The summed E-state index contributed by atoms with van der Waals surface area (Å²) >= 11 is 0. The number of rotatable bonds is 2. The summed E-state index contributed by atoms with van der Waals surface area (Å²) in [5.74, 6) is 0. The number of hydrogen-bond acceptors (Lipinski definition) is 2. The van der Waals surface area contributed by atoms with Gasteiger partial charge in [0, 0.05) is 0 Å². The maximum Gasteiger partial charge on any atom is 0.0640 e. The molecule has 0 fully saturated rings. The molecule has 0 bridgehead atoms. The Bertz CT molecular complexity index is 308. The molecule has 0 saturated carbocycles. The quantitative estimate of drug-likeness (QED) is 0.725. The lowest BCUT2D eigenvalue weighted by Crippen LogP contribution is -2.38. The van der Waals surface area contributed by atoms with E-state index in [4.69, 9.17) is 0 Å². The van der Waals surface area contributed by atoms with Crippen molar-refractivity contribution in [1.29, 1.82) is 0 Å². The van der Waals surface area contributed by atoms with Gasteiger partial charge in [-0.3, -0.25) is 10.3 Å². The van der Waals surface area contributed by atoms with E-state index in [9.17, 15) is 5.21 Å². The molecule has 0 saturated heterocycles. The zero-order valence-corrected chi connectivity index (χ0v) is 8.99. The average Bonchev–Trinajstić information content (AvgIpc) is 2.15. The third-order valence-electron chi connectivity index (χ3n) is 2.01. The third-order valence-corrected chi connectivity index (χ3v) is 2.01. The van der Waals surface area contributed by atoms with Crippen LogP contribution in [0.3, 0.4) is 0 Å². The van der Waals surface area contributed by atoms with Gasteiger partial charge in [-0.1, -0.05) is 24.8 Å². The van der Waals surface area contributed by atoms with Gasteiger partial charge in [-0.25, -0.2) is 0 Å². The van der Waals surface area contributed by atoms with Gasteiger partial charge >= 0.3 is 0 Å². The molecule has 0 aliphatic carbocycles. The molecule has 0 aliphatic heterocycles. The van der Waals surface area contributed by atoms with Crippen molar-refractivity contribution in [2.75, 3.05) is 5.06 Å². The Balaban J connectivity index is 2.92. The van der Waals surface area contributed by atoms with Crippen LogP contribution in [0, 0.1) is 0 Å². The molecule has 2 heteroatoms. The molecule has 76 valence electrons. The lowest BCUT2D eigenvalue weighted by Gasteiger charge is -2.31. The van der Waals surface area contributed by atoms with E-state index in [1.807, 2.05) is 45.0 Å². The smallest absolute Gasteiger partial charge is 0.0640 e. The van der Waals surface area contributed by atoms with E-state index in [1.54, 1.807) is 6.08 Å². The van der Waals surface area contributed by atoms with Crippen molar-refractivity contribution in [1.82, 2.24) is 0 Å². The molecule has 0 amide bonds. The first-order chi connectivity index (χ1) is 6.45. The number of nitrogens with zero attached hydrogens (tertiary/aromatic N) is 1. The first-order valence-corrected chi connectivity index (χ1v) is 4.67. The van der Waals surface area contributed by atoms with Crippen molar-refractivity contribution >= 4 is 11.8 Å². The molecule has 0 aliphatic rings. The largest absolute Gasteiger partial charge is 0.288 e. The first kappa shape index (κ1) is 10.8. The highest BCUT2D eigenvalue weighted by molar-refractivity contribution is 5.54. The SMILES string of the molecule is C=Cc1ccc(N(O)C(C)(C)C)cc1. The number of benzene rings is 1. The second kappa shape index (κ2) is 3.84. The number of hydroxylamine groups is 1. The summed E-state index contributed by atoms with van der Waals surface area (Å²) in [6, 6.07) is 7.61. The Hall–Kier alpha value is -1.28. The molecule has 0 spiro atoms. The second-order valence-corrected chi connectivity index (χ2v) is 4.28. The van der Waals surface area contributed by atoms with E-state index in [0.29, 0.717) is 0 Å². The molecular weight excluding hydrogens is 174 g/mol. The van der Waals surface area contributed by atoms with Gasteiger partial charge in [0.05, 0.1) is 11.2 Å². The van der Waals surface area contributed by atoms with Crippen molar-refractivity contribution in [3.05, 3.63) is 36.4 Å². The molecule has 2 nitrogen and oxygen atoms in total. The van der Waals surface area contributed by atoms with Crippen LogP contribution in [0.5, 0.6) is 0 Å². The molecule has 0 heterocycles. The van der Waals surface area contributed by atoms with Crippen LogP contribution < -0.4 is 5.06 Å². The van der Waals surface area contributed by atoms with E-state index in [0.717, 1.165) is 11.3 Å². The van der Waals surface area contributed by atoms with Crippen LogP contribution in [0.4, 0.5) is 5.69 Å². The van der Waals surface area contributed by atoms with Gasteiger partial charge in [0.15, 0.2) is 0 Å². The van der Waals surface area contributed by atoms with E-state index in [2.05, 4.69) is 6.58 Å². The van der Waals surface area contributed by atoms with Crippen LogP contribution in [0.15, 0.2) is 30.8 Å². The highest BCUT2D eigenvalue weighted by Gasteiger charge is 2.19. The number of hydrogen-bond donors (Lipinski definition) is 1. The lowest BCUT2D eigenvalue weighted by atomic mass is 10.1. The summed E-state index contributed by atoms with van der Waals surface area (Å²) < 4.78 is 0. The zero-order valence-electron chi connectivity index (χ0n) is 8.99. The molecule has 0 atom stereocenters. The van der Waals surface area contributed by atoms with Gasteiger partial charge in [0.1, 0.15) is 0 Å². The summed E-state index contributed by atoms with van der Waals surface area (Å²) in [5.41, 5.74) is 1.56. The van der Waals surface area contributed by atoms with Crippen molar-refractivity contribution < 1.29 is 5.21 Å². The maximum atomic E-state index is 9.83. The van der Waals surface area contributed by atoms with Crippen molar-refractivity contribution in [2.24, 2.45) is 0 Å². The summed E-state index contributed by atoms with van der Waals surface area (Å²) in [6.45, 7) is 9.54. The highest BCUT2D eigenvalue weighted by Crippen LogP contribution is 2.21. The maximum absolute atomic E-state index is 9.83. The molecule has 0 aromatic heterocycles. The fourth-order valence-electron chi connectivity index (χ4n) is 1.14. The Morgan fingerprint density at radius 2 is 1.71 bits per heavy atom. The van der Waals surface area contributed by atoms with Crippen LogP contribution in [0.25, 0.3) is 6.08 Å². The van der Waals surface area contributed by atoms with Crippen molar-refractivity contribution in [2.45, 2.75) is 26.3 Å². The zero-order chi connectivity index (χ0) is 10.8. The fraction of sp³-hybridized carbons (Fsp3) is 0.333. The summed E-state index contributed by atoms with van der Waals surface area (Å²) in [6.07, 6.45) is 1.78. The van der Waals surface area contributed by atoms with E-state index in [1.165, 1.54) is 5.06 Å². The predicted molar refractivity (Wildman–Crippen MR) is 60.6 cm³/mol. The minimum atomic E-state index is -0.282. The van der Waals surface area contributed by atoms with E-state index in [-0.39, 0.29) is 5.54 Å². The molecule has 1 aromatic carbocycles. The Kier molecular flexibility index (Phi) is 2.96. The first-order valence-electron chi connectivity index (χ1n) is 4.67. The minimum absolute atomic E-state index is 0.282. The van der Waals surface area contributed by atoms with Crippen LogP contribution in [0.2, 0.25) is 0 Å². The lowest BCUT2D eigenvalue weighted by molar-refractivity contribution is 0.181. The van der Waals surface area contributed by atoms with Gasteiger partial charge in [0.2, 0.25) is 0 Å².